The summed E-state index contributed by atoms with van der Waals surface area (Å²) in [6.07, 6.45) is 3.12. The van der Waals surface area contributed by atoms with Crippen LogP contribution in [0.4, 0.5) is 11.4 Å². The summed E-state index contributed by atoms with van der Waals surface area (Å²) in [7, 11) is 1.90. The van der Waals surface area contributed by atoms with Gasteiger partial charge in [-0.2, -0.15) is 0 Å². The SMILES string of the molecule is Cc1ccc2c(CCCN3CC[C@H]4[C@@H](C3)c3cccc5c3N4CC(=O)N5C)noc2c1. The van der Waals surface area contributed by atoms with Gasteiger partial charge in [0, 0.05) is 37.5 Å². The van der Waals surface area contributed by atoms with Crippen molar-refractivity contribution in [3.8, 4) is 0 Å². The number of likely N-dealkylation sites (N-methyl/N-ethyl adjacent to an activating group) is 1. The van der Waals surface area contributed by atoms with Crippen molar-refractivity contribution in [2.75, 3.05) is 43.0 Å². The molecule has 3 aliphatic rings. The molecule has 4 heterocycles. The van der Waals surface area contributed by atoms with Crippen LogP contribution in [0, 0.1) is 6.92 Å². The van der Waals surface area contributed by atoms with E-state index in [-0.39, 0.29) is 5.91 Å². The number of amides is 1. The fraction of sp³-hybridized carbons (Fsp3) is 0.440. The number of anilines is 2. The average molecular weight is 417 g/mol. The van der Waals surface area contributed by atoms with E-state index in [1.165, 1.54) is 16.8 Å². The minimum atomic E-state index is 0.197. The normalized spacial score (nSPS) is 22.8. The maximum Gasteiger partial charge on any atom is 0.246 e. The van der Waals surface area contributed by atoms with Gasteiger partial charge in [0.15, 0.2) is 5.58 Å². The summed E-state index contributed by atoms with van der Waals surface area (Å²) < 4.78 is 5.53. The van der Waals surface area contributed by atoms with E-state index in [0.717, 1.165) is 61.2 Å². The van der Waals surface area contributed by atoms with Crippen molar-refractivity contribution in [2.45, 2.75) is 38.1 Å². The number of hydrogen-bond acceptors (Lipinski definition) is 5. The Bertz CT molecular complexity index is 1170. The monoisotopic (exact) mass is 416 g/mol. The lowest BCUT2D eigenvalue weighted by atomic mass is 9.89. The fourth-order valence-corrected chi connectivity index (χ4v) is 5.82. The summed E-state index contributed by atoms with van der Waals surface area (Å²) in [5.41, 5.74) is 6.95. The molecule has 0 N–H and O–H groups in total. The van der Waals surface area contributed by atoms with Crippen LogP contribution in [-0.2, 0) is 11.2 Å². The molecule has 0 aliphatic carbocycles. The van der Waals surface area contributed by atoms with Gasteiger partial charge in [-0.1, -0.05) is 23.4 Å². The largest absolute Gasteiger partial charge is 0.357 e. The van der Waals surface area contributed by atoms with Crippen LogP contribution in [0.3, 0.4) is 0 Å². The molecule has 6 rings (SSSR count). The van der Waals surface area contributed by atoms with Gasteiger partial charge in [-0.05, 0) is 62.1 Å². The predicted octanol–water partition coefficient (Wildman–Crippen LogP) is 3.72. The lowest BCUT2D eigenvalue weighted by molar-refractivity contribution is -0.117. The number of carbonyl (C=O) groups excluding carboxylic acids is 1. The molecule has 3 aromatic rings. The number of piperidine rings is 1. The molecule has 3 aliphatic heterocycles. The number of carbonyl (C=O) groups is 1. The Hall–Kier alpha value is -2.86. The molecule has 0 saturated carbocycles. The van der Waals surface area contributed by atoms with Gasteiger partial charge in [0.1, 0.15) is 0 Å². The minimum Gasteiger partial charge on any atom is -0.357 e. The van der Waals surface area contributed by atoms with Crippen molar-refractivity contribution in [1.29, 1.82) is 0 Å². The van der Waals surface area contributed by atoms with Gasteiger partial charge in [-0.25, -0.2) is 0 Å². The number of rotatable bonds is 4. The minimum absolute atomic E-state index is 0.197. The molecular weight excluding hydrogens is 388 g/mol. The first-order valence-electron chi connectivity index (χ1n) is 11.3. The maximum absolute atomic E-state index is 12.5. The molecule has 6 nitrogen and oxygen atoms in total. The lowest BCUT2D eigenvalue weighted by Gasteiger charge is -2.40. The molecule has 0 spiro atoms. The summed E-state index contributed by atoms with van der Waals surface area (Å²) >= 11 is 0. The van der Waals surface area contributed by atoms with Crippen molar-refractivity contribution >= 4 is 28.3 Å². The number of benzene rings is 2. The second-order valence-corrected chi connectivity index (χ2v) is 9.29. The Labute approximate surface area is 182 Å². The fourth-order valence-electron chi connectivity index (χ4n) is 5.82. The van der Waals surface area contributed by atoms with Crippen molar-refractivity contribution < 1.29 is 9.32 Å². The van der Waals surface area contributed by atoms with E-state index in [0.29, 0.717) is 18.5 Å². The number of fused-ring (bicyclic) bond motifs is 4. The van der Waals surface area contributed by atoms with E-state index in [1.807, 2.05) is 11.9 Å². The van der Waals surface area contributed by atoms with Gasteiger partial charge in [-0.3, -0.25) is 4.79 Å². The zero-order valence-corrected chi connectivity index (χ0v) is 18.2. The van der Waals surface area contributed by atoms with Crippen molar-refractivity contribution in [2.24, 2.45) is 0 Å². The zero-order chi connectivity index (χ0) is 21.1. The number of hydrogen-bond donors (Lipinski definition) is 0. The highest BCUT2D eigenvalue weighted by Gasteiger charge is 2.46. The molecule has 1 fully saturated rings. The topological polar surface area (TPSA) is 52.8 Å². The van der Waals surface area contributed by atoms with Crippen LogP contribution in [0.1, 0.15) is 35.6 Å². The van der Waals surface area contributed by atoms with Crippen molar-refractivity contribution in [3.05, 3.63) is 53.2 Å². The first-order chi connectivity index (χ1) is 15.1. The van der Waals surface area contributed by atoms with Gasteiger partial charge >= 0.3 is 0 Å². The van der Waals surface area contributed by atoms with Crippen LogP contribution in [0.5, 0.6) is 0 Å². The second-order valence-electron chi connectivity index (χ2n) is 9.29. The van der Waals surface area contributed by atoms with E-state index >= 15 is 0 Å². The molecule has 160 valence electrons. The smallest absolute Gasteiger partial charge is 0.246 e. The molecule has 0 unspecified atom stereocenters. The molecule has 1 amide bonds. The van der Waals surface area contributed by atoms with Gasteiger partial charge in [-0.15, -0.1) is 0 Å². The van der Waals surface area contributed by atoms with E-state index in [9.17, 15) is 4.79 Å². The van der Waals surface area contributed by atoms with E-state index in [1.54, 1.807) is 0 Å². The summed E-state index contributed by atoms with van der Waals surface area (Å²) in [6.45, 7) is 5.81. The molecule has 6 heteroatoms. The van der Waals surface area contributed by atoms with Crippen molar-refractivity contribution in [1.82, 2.24) is 10.1 Å². The Kier molecular flexibility index (Phi) is 4.32. The molecular formula is C25H28N4O2. The third-order valence-corrected chi connectivity index (χ3v) is 7.42. The second kappa shape index (κ2) is 7.09. The van der Waals surface area contributed by atoms with Crippen molar-refractivity contribution in [3.63, 3.8) is 0 Å². The van der Waals surface area contributed by atoms with E-state index < -0.39 is 0 Å². The lowest BCUT2D eigenvalue weighted by Crippen LogP contribution is -2.51. The highest BCUT2D eigenvalue weighted by molar-refractivity contribution is 6.04. The van der Waals surface area contributed by atoms with Gasteiger partial charge in [0.05, 0.1) is 23.6 Å². The molecule has 2 atom stereocenters. The molecule has 31 heavy (non-hydrogen) atoms. The summed E-state index contributed by atoms with van der Waals surface area (Å²) in [5, 5.41) is 5.46. The van der Waals surface area contributed by atoms with Crippen LogP contribution in [0.15, 0.2) is 40.9 Å². The Morgan fingerprint density at radius 3 is 3.03 bits per heavy atom. The van der Waals surface area contributed by atoms with Gasteiger partial charge in [0.2, 0.25) is 5.91 Å². The average Bonchev–Trinajstić information content (AvgIpc) is 3.31. The first-order valence-corrected chi connectivity index (χ1v) is 11.3. The quantitative estimate of drug-likeness (QED) is 0.649. The van der Waals surface area contributed by atoms with Gasteiger partial charge in [0.25, 0.3) is 0 Å². The van der Waals surface area contributed by atoms with Crippen LogP contribution in [-0.4, -0.2) is 55.2 Å². The summed E-state index contributed by atoms with van der Waals surface area (Å²) in [4.78, 5) is 19.3. The number of likely N-dealkylation sites (tertiary alicyclic amines) is 1. The summed E-state index contributed by atoms with van der Waals surface area (Å²) in [5.74, 6) is 0.682. The molecule has 0 radical (unpaired) electrons. The van der Waals surface area contributed by atoms with E-state index in [2.05, 4.69) is 58.3 Å². The number of nitrogens with zero attached hydrogens (tertiary/aromatic N) is 4. The number of aryl methyl sites for hydroxylation is 2. The molecule has 1 saturated heterocycles. The zero-order valence-electron chi connectivity index (χ0n) is 18.2. The molecule has 2 aromatic carbocycles. The first kappa shape index (κ1) is 18.9. The predicted molar refractivity (Wildman–Crippen MR) is 122 cm³/mol. The standard InChI is InChI=1S/C25H28N4O2/c1-16-8-9-18-20(26-31-23(18)13-16)6-4-11-28-12-10-21-19(14-28)17-5-3-7-22-25(17)29(21)15-24(30)27(22)2/h3,5,7-9,13,19,21H,4,6,10-12,14-15H2,1-2H3/t19-,21-/m0/s1. The number of aromatic nitrogens is 1. The van der Waals surface area contributed by atoms with Crippen LogP contribution in [0.25, 0.3) is 11.0 Å². The van der Waals surface area contributed by atoms with E-state index in [4.69, 9.17) is 4.52 Å². The Morgan fingerprint density at radius 2 is 2.13 bits per heavy atom. The third kappa shape index (κ3) is 2.96. The highest BCUT2D eigenvalue weighted by atomic mass is 16.5. The maximum atomic E-state index is 12.5. The molecule has 1 aromatic heterocycles. The van der Waals surface area contributed by atoms with Crippen LogP contribution >= 0.6 is 0 Å². The summed E-state index contributed by atoms with van der Waals surface area (Å²) in [6, 6.07) is 13.2. The van der Waals surface area contributed by atoms with Gasteiger partial charge < -0.3 is 19.2 Å². The van der Waals surface area contributed by atoms with Crippen LogP contribution < -0.4 is 9.80 Å². The molecule has 0 bridgehead atoms. The third-order valence-electron chi connectivity index (χ3n) is 7.42. The Morgan fingerprint density at radius 1 is 1.23 bits per heavy atom. The Balaban J connectivity index is 1.15. The highest BCUT2D eigenvalue weighted by Crippen LogP contribution is 2.50. The number of para-hydroxylation sites is 1. The van der Waals surface area contributed by atoms with Crippen LogP contribution in [0.2, 0.25) is 0 Å².